The summed E-state index contributed by atoms with van der Waals surface area (Å²) in [4.78, 5) is 25.3. The van der Waals surface area contributed by atoms with Crippen LogP contribution in [0.4, 0.5) is 0 Å². The molecule has 0 saturated carbocycles. The lowest BCUT2D eigenvalue weighted by Gasteiger charge is -2.39. The predicted octanol–water partition coefficient (Wildman–Crippen LogP) is 9.16. The number of carbonyl (C=O) groups excluding carboxylic acids is 2. The van der Waals surface area contributed by atoms with Gasteiger partial charge < -0.3 is 39.4 Å². The number of aliphatic hydroxyl groups is 4. The minimum Gasteiger partial charge on any atom is -0.462 e. The Labute approximate surface area is 349 Å². The number of allylic oxidation sites excluding steroid dienone is 16. The third-order valence-corrected chi connectivity index (χ3v) is 9.34. The zero-order valence-electron chi connectivity index (χ0n) is 35.5. The first kappa shape index (κ1) is 52.6. The van der Waals surface area contributed by atoms with E-state index in [1.165, 1.54) is 38.5 Å². The Morgan fingerprint density at radius 3 is 1.69 bits per heavy atom. The maximum Gasteiger partial charge on any atom is 0.306 e. The molecule has 328 valence electrons. The molecule has 10 heteroatoms. The van der Waals surface area contributed by atoms with Gasteiger partial charge in [-0.25, -0.2) is 0 Å². The summed E-state index contributed by atoms with van der Waals surface area (Å²) in [6.45, 7) is 3.07. The van der Waals surface area contributed by atoms with Gasteiger partial charge in [-0.05, 0) is 57.8 Å². The van der Waals surface area contributed by atoms with Crippen molar-refractivity contribution >= 4 is 11.9 Å². The van der Waals surface area contributed by atoms with E-state index in [2.05, 4.69) is 56.4 Å². The second-order valence-corrected chi connectivity index (χ2v) is 14.5. The molecule has 0 aromatic heterocycles. The number of rotatable bonds is 34. The second-order valence-electron chi connectivity index (χ2n) is 14.5. The van der Waals surface area contributed by atoms with E-state index in [0.29, 0.717) is 19.3 Å². The van der Waals surface area contributed by atoms with E-state index in [1.807, 2.05) is 54.7 Å². The SMILES string of the molecule is CC/C=C/C=C/C=C/C=C/C=C/CCCC(=O)OC(COC(=O)CCCCCCCCCCCC/C=C/C/C=C/C/C=C/CC)CO[C@H]1O[C@@H](CO)[C@@H](O)C(O)C1O. The van der Waals surface area contributed by atoms with Crippen molar-refractivity contribution in [3.05, 3.63) is 97.2 Å². The highest BCUT2D eigenvalue weighted by Crippen LogP contribution is 2.22. The molecule has 1 rings (SSSR count). The fourth-order valence-corrected chi connectivity index (χ4v) is 5.94. The lowest BCUT2D eigenvalue weighted by atomic mass is 9.99. The van der Waals surface area contributed by atoms with Crippen LogP contribution in [0.3, 0.4) is 0 Å². The van der Waals surface area contributed by atoms with Gasteiger partial charge in [0.1, 0.15) is 31.0 Å². The Morgan fingerprint density at radius 1 is 0.552 bits per heavy atom. The van der Waals surface area contributed by atoms with Gasteiger partial charge >= 0.3 is 11.9 Å². The summed E-state index contributed by atoms with van der Waals surface area (Å²) >= 11 is 0. The first-order valence-electron chi connectivity index (χ1n) is 21.9. The summed E-state index contributed by atoms with van der Waals surface area (Å²) < 4.78 is 22.0. The molecule has 0 aromatic rings. The summed E-state index contributed by atoms with van der Waals surface area (Å²) in [5.74, 6) is -0.908. The molecule has 3 unspecified atom stereocenters. The molecule has 1 saturated heterocycles. The van der Waals surface area contributed by atoms with E-state index in [1.54, 1.807) is 0 Å². The molecule has 0 aromatic carbocycles. The quantitative estimate of drug-likeness (QED) is 0.0214. The van der Waals surface area contributed by atoms with Crippen LogP contribution in [0.2, 0.25) is 0 Å². The van der Waals surface area contributed by atoms with E-state index in [-0.39, 0.29) is 26.1 Å². The minimum atomic E-state index is -1.61. The lowest BCUT2D eigenvalue weighted by Crippen LogP contribution is -2.59. The molecule has 1 aliphatic rings. The summed E-state index contributed by atoms with van der Waals surface area (Å²) in [5, 5.41) is 40.0. The fourth-order valence-electron chi connectivity index (χ4n) is 5.94. The first-order chi connectivity index (χ1) is 28.3. The highest BCUT2D eigenvalue weighted by atomic mass is 16.7. The molecule has 0 aliphatic carbocycles. The monoisotopic (exact) mass is 813 g/mol. The molecule has 1 aliphatic heterocycles. The summed E-state index contributed by atoms with van der Waals surface area (Å²) in [6.07, 6.45) is 42.8. The number of aliphatic hydroxyl groups excluding tert-OH is 4. The molecule has 1 fully saturated rings. The number of hydrogen-bond donors (Lipinski definition) is 4. The fraction of sp³-hybridized carbons (Fsp3) is 0.625. The van der Waals surface area contributed by atoms with E-state index < -0.39 is 55.4 Å². The van der Waals surface area contributed by atoms with Crippen LogP contribution < -0.4 is 0 Å². The highest BCUT2D eigenvalue weighted by molar-refractivity contribution is 5.70. The van der Waals surface area contributed by atoms with Crippen LogP contribution in [-0.2, 0) is 28.5 Å². The summed E-state index contributed by atoms with van der Waals surface area (Å²) in [7, 11) is 0. The van der Waals surface area contributed by atoms with Crippen molar-refractivity contribution in [3.8, 4) is 0 Å². The number of unbranched alkanes of at least 4 members (excludes halogenated alkanes) is 11. The van der Waals surface area contributed by atoms with Gasteiger partial charge in [0.15, 0.2) is 12.4 Å². The van der Waals surface area contributed by atoms with Crippen molar-refractivity contribution in [1.29, 1.82) is 0 Å². The lowest BCUT2D eigenvalue weighted by molar-refractivity contribution is -0.305. The molecule has 0 amide bonds. The molecule has 0 bridgehead atoms. The van der Waals surface area contributed by atoms with Gasteiger partial charge in [0.05, 0.1) is 13.2 Å². The van der Waals surface area contributed by atoms with Crippen molar-refractivity contribution in [2.24, 2.45) is 0 Å². The Hall–Kier alpha value is -3.38. The maximum absolute atomic E-state index is 12.7. The van der Waals surface area contributed by atoms with Crippen molar-refractivity contribution in [2.75, 3.05) is 19.8 Å². The molecule has 4 N–H and O–H groups in total. The van der Waals surface area contributed by atoms with Crippen LogP contribution in [0.25, 0.3) is 0 Å². The molecular weight excluding hydrogens is 737 g/mol. The third kappa shape index (κ3) is 28.9. The van der Waals surface area contributed by atoms with E-state index in [0.717, 1.165) is 51.4 Å². The van der Waals surface area contributed by atoms with Crippen molar-refractivity contribution < 1.29 is 49.0 Å². The Balaban J connectivity index is 2.35. The van der Waals surface area contributed by atoms with Crippen molar-refractivity contribution in [2.45, 2.75) is 173 Å². The third-order valence-electron chi connectivity index (χ3n) is 9.34. The number of carbonyl (C=O) groups is 2. The van der Waals surface area contributed by atoms with Gasteiger partial charge in [-0.1, -0.05) is 162 Å². The van der Waals surface area contributed by atoms with Gasteiger partial charge in [0.25, 0.3) is 0 Å². The van der Waals surface area contributed by atoms with Gasteiger partial charge in [-0.2, -0.15) is 0 Å². The van der Waals surface area contributed by atoms with Gasteiger partial charge in [-0.15, -0.1) is 0 Å². The van der Waals surface area contributed by atoms with Crippen LogP contribution in [0.5, 0.6) is 0 Å². The predicted molar refractivity (Wildman–Crippen MR) is 233 cm³/mol. The zero-order chi connectivity index (χ0) is 42.3. The van der Waals surface area contributed by atoms with Gasteiger partial charge in [0, 0.05) is 12.8 Å². The van der Waals surface area contributed by atoms with E-state index in [9.17, 15) is 30.0 Å². The van der Waals surface area contributed by atoms with E-state index in [4.69, 9.17) is 18.9 Å². The van der Waals surface area contributed by atoms with Crippen LogP contribution in [-0.4, -0.2) is 89.0 Å². The minimum absolute atomic E-state index is 0.127. The molecule has 10 nitrogen and oxygen atoms in total. The van der Waals surface area contributed by atoms with E-state index >= 15 is 0 Å². The summed E-state index contributed by atoms with van der Waals surface area (Å²) in [5.41, 5.74) is 0. The smallest absolute Gasteiger partial charge is 0.306 e. The first-order valence-corrected chi connectivity index (χ1v) is 21.9. The standard InChI is InChI=1S/C48H76O10/c1-3-5-7-9-11-13-15-17-18-19-20-21-22-23-25-26-28-30-32-34-36-43(50)55-39-41(40-56-48-47(54)46(53)45(52)42(38-49)58-48)57-44(51)37-35-33-31-29-27-24-16-14-12-10-8-6-4-2/h5-8,10-14,16-18,24,27,29,31,41-42,45-49,52-54H,3-4,9,15,19-23,25-26,28,30,32-40H2,1-2H3/b7-5+,8-6+,12-10+,13-11+,16-14+,18-17+,27-24+,31-29+/t41?,42-,45+,46?,47?,48-/m0/s1. The van der Waals surface area contributed by atoms with Crippen LogP contribution in [0, 0.1) is 0 Å². The second kappa shape index (κ2) is 37.9. The topological polar surface area (TPSA) is 152 Å². The maximum atomic E-state index is 12.7. The summed E-state index contributed by atoms with van der Waals surface area (Å²) in [6, 6.07) is 0. The number of esters is 2. The molecular formula is C48H76O10. The number of hydrogen-bond acceptors (Lipinski definition) is 10. The van der Waals surface area contributed by atoms with Crippen LogP contribution in [0.1, 0.15) is 136 Å². The molecule has 0 radical (unpaired) electrons. The zero-order valence-corrected chi connectivity index (χ0v) is 35.5. The van der Waals surface area contributed by atoms with Gasteiger partial charge in [-0.3, -0.25) is 9.59 Å². The Bertz CT molecular complexity index is 1260. The average Bonchev–Trinajstić information content (AvgIpc) is 3.22. The highest BCUT2D eigenvalue weighted by Gasteiger charge is 2.44. The Kier molecular flexibility index (Phi) is 34.4. The van der Waals surface area contributed by atoms with Crippen LogP contribution in [0.15, 0.2) is 97.2 Å². The Morgan fingerprint density at radius 2 is 1.07 bits per heavy atom. The van der Waals surface area contributed by atoms with Gasteiger partial charge in [0.2, 0.25) is 0 Å². The molecule has 0 spiro atoms. The molecule has 1 heterocycles. The van der Waals surface area contributed by atoms with Crippen LogP contribution >= 0.6 is 0 Å². The largest absolute Gasteiger partial charge is 0.462 e. The molecule has 58 heavy (non-hydrogen) atoms. The average molecular weight is 813 g/mol. The number of ether oxygens (including phenoxy) is 4. The molecule has 6 atom stereocenters. The normalized spacial score (nSPS) is 21.1. The van der Waals surface area contributed by atoms with Crippen molar-refractivity contribution in [1.82, 2.24) is 0 Å². The van der Waals surface area contributed by atoms with Crippen molar-refractivity contribution in [3.63, 3.8) is 0 Å².